The maximum atomic E-state index is 6.09. The average molecular weight is 325 g/mol. The first-order valence-corrected chi connectivity index (χ1v) is 8.67. The normalized spacial score (nSPS) is 25.1. The fourth-order valence-corrected chi connectivity index (χ4v) is 3.74. The minimum absolute atomic E-state index is 0.295. The van der Waals surface area contributed by atoms with Crippen molar-refractivity contribution in [3.05, 3.63) is 48.5 Å². The van der Waals surface area contributed by atoms with Crippen molar-refractivity contribution < 1.29 is 4.74 Å². The topological polar surface area (TPSA) is 54.4 Å². The van der Waals surface area contributed by atoms with E-state index in [0.29, 0.717) is 12.1 Å². The summed E-state index contributed by atoms with van der Waals surface area (Å²) >= 11 is 0. The van der Waals surface area contributed by atoms with Crippen LogP contribution in [0.25, 0.3) is 0 Å². The monoisotopic (exact) mass is 325 g/mol. The number of pyridine rings is 1. The molecule has 2 aromatic rings. The number of hydrogen-bond donors (Lipinski definition) is 0. The van der Waals surface area contributed by atoms with Crippen LogP contribution in [0.1, 0.15) is 18.4 Å². The van der Waals surface area contributed by atoms with Crippen molar-refractivity contribution in [2.24, 2.45) is 0 Å². The molecule has 24 heavy (non-hydrogen) atoms. The van der Waals surface area contributed by atoms with E-state index in [1.54, 1.807) is 0 Å². The predicted molar refractivity (Wildman–Crippen MR) is 91.7 cm³/mol. The number of aromatic nitrogens is 3. The fourth-order valence-electron chi connectivity index (χ4n) is 3.74. The SMILES string of the molecule is c1cnc(N2CC[C@H]3OCCN(Cc4cccnc4)[C@H]3CC2)nc1. The van der Waals surface area contributed by atoms with Crippen molar-refractivity contribution in [3.8, 4) is 0 Å². The van der Waals surface area contributed by atoms with Gasteiger partial charge in [0.15, 0.2) is 0 Å². The molecule has 4 heterocycles. The Kier molecular flexibility index (Phi) is 4.66. The lowest BCUT2D eigenvalue weighted by Gasteiger charge is -2.40. The van der Waals surface area contributed by atoms with Gasteiger partial charge >= 0.3 is 0 Å². The molecule has 0 unspecified atom stereocenters. The molecule has 0 spiro atoms. The van der Waals surface area contributed by atoms with Crippen molar-refractivity contribution >= 4 is 5.95 Å². The third kappa shape index (κ3) is 3.39. The molecule has 6 heteroatoms. The third-order valence-corrected chi connectivity index (χ3v) is 4.93. The minimum atomic E-state index is 0.295. The molecule has 0 aromatic carbocycles. The van der Waals surface area contributed by atoms with Gasteiger partial charge in [0, 0.05) is 57.0 Å². The summed E-state index contributed by atoms with van der Waals surface area (Å²) in [6, 6.07) is 6.47. The molecule has 2 aromatic heterocycles. The van der Waals surface area contributed by atoms with Gasteiger partial charge < -0.3 is 9.64 Å². The molecule has 2 aliphatic rings. The van der Waals surface area contributed by atoms with E-state index in [2.05, 4.69) is 30.8 Å². The highest BCUT2D eigenvalue weighted by Crippen LogP contribution is 2.26. The van der Waals surface area contributed by atoms with E-state index in [9.17, 15) is 0 Å². The van der Waals surface area contributed by atoms with Crippen LogP contribution in [-0.4, -0.2) is 58.2 Å². The van der Waals surface area contributed by atoms with Gasteiger partial charge in [-0.05, 0) is 30.5 Å². The second-order valence-corrected chi connectivity index (χ2v) is 6.42. The quantitative estimate of drug-likeness (QED) is 0.857. The molecule has 0 N–H and O–H groups in total. The van der Waals surface area contributed by atoms with Crippen molar-refractivity contribution in [3.63, 3.8) is 0 Å². The molecule has 2 saturated heterocycles. The molecule has 6 nitrogen and oxygen atoms in total. The van der Waals surface area contributed by atoms with Crippen molar-refractivity contribution in [2.75, 3.05) is 31.1 Å². The van der Waals surface area contributed by atoms with Crippen LogP contribution < -0.4 is 4.90 Å². The first-order chi connectivity index (χ1) is 11.9. The smallest absolute Gasteiger partial charge is 0.225 e. The van der Waals surface area contributed by atoms with Gasteiger partial charge in [-0.2, -0.15) is 0 Å². The zero-order chi connectivity index (χ0) is 16.2. The molecule has 2 atom stereocenters. The van der Waals surface area contributed by atoms with E-state index in [4.69, 9.17) is 4.74 Å². The molecule has 0 radical (unpaired) electrons. The highest BCUT2D eigenvalue weighted by Gasteiger charge is 2.35. The molecule has 4 rings (SSSR count). The summed E-state index contributed by atoms with van der Waals surface area (Å²) in [5, 5.41) is 0. The van der Waals surface area contributed by atoms with E-state index < -0.39 is 0 Å². The van der Waals surface area contributed by atoms with Crippen LogP contribution in [0.2, 0.25) is 0 Å². The van der Waals surface area contributed by atoms with Gasteiger partial charge in [-0.1, -0.05) is 6.07 Å². The minimum Gasteiger partial charge on any atom is -0.375 e. The number of morpholine rings is 1. The Bertz CT molecular complexity index is 638. The first kappa shape index (κ1) is 15.5. The third-order valence-electron chi connectivity index (χ3n) is 4.93. The van der Waals surface area contributed by atoms with Gasteiger partial charge in [0.05, 0.1) is 12.7 Å². The van der Waals surface area contributed by atoms with Crippen LogP contribution >= 0.6 is 0 Å². The van der Waals surface area contributed by atoms with Crippen LogP contribution in [0.4, 0.5) is 5.95 Å². The first-order valence-electron chi connectivity index (χ1n) is 8.67. The number of ether oxygens (including phenoxy) is 1. The Labute approximate surface area is 142 Å². The molecule has 2 fully saturated rings. The lowest BCUT2D eigenvalue weighted by molar-refractivity contribution is -0.0746. The molecule has 0 amide bonds. The Morgan fingerprint density at radius 1 is 1.04 bits per heavy atom. The summed E-state index contributed by atoms with van der Waals surface area (Å²) in [7, 11) is 0. The highest BCUT2D eigenvalue weighted by atomic mass is 16.5. The molecule has 0 aliphatic carbocycles. The van der Waals surface area contributed by atoms with Crippen LogP contribution in [0.5, 0.6) is 0 Å². The second kappa shape index (κ2) is 7.23. The Morgan fingerprint density at radius 3 is 2.75 bits per heavy atom. The largest absolute Gasteiger partial charge is 0.375 e. The van der Waals surface area contributed by atoms with Crippen molar-refractivity contribution in [1.82, 2.24) is 19.9 Å². The molecule has 2 aliphatic heterocycles. The number of anilines is 1. The molecule has 0 saturated carbocycles. The maximum absolute atomic E-state index is 6.09. The van der Waals surface area contributed by atoms with E-state index >= 15 is 0 Å². The standard InChI is InChI=1S/C18H23N5O/c1-3-15(13-19-6-1)14-23-11-12-24-17-5-10-22(9-4-16(17)23)18-20-7-2-8-21-18/h1-3,6-8,13,16-17H,4-5,9-12,14H2/t16-,17+/m0/s1. The zero-order valence-corrected chi connectivity index (χ0v) is 13.8. The highest BCUT2D eigenvalue weighted by molar-refractivity contribution is 5.28. The maximum Gasteiger partial charge on any atom is 0.225 e. The lowest BCUT2D eigenvalue weighted by Crippen LogP contribution is -2.50. The van der Waals surface area contributed by atoms with Gasteiger partial charge in [0.25, 0.3) is 0 Å². The van der Waals surface area contributed by atoms with Gasteiger partial charge in [-0.3, -0.25) is 9.88 Å². The van der Waals surface area contributed by atoms with E-state index in [1.165, 1.54) is 5.56 Å². The Hall–Kier alpha value is -2.05. The fraction of sp³-hybridized carbons (Fsp3) is 0.500. The number of nitrogens with zero attached hydrogens (tertiary/aromatic N) is 5. The lowest BCUT2D eigenvalue weighted by atomic mass is 10.0. The Morgan fingerprint density at radius 2 is 1.92 bits per heavy atom. The summed E-state index contributed by atoms with van der Waals surface area (Å²) in [6.45, 7) is 4.66. The van der Waals surface area contributed by atoms with E-state index in [0.717, 1.165) is 51.6 Å². The predicted octanol–water partition coefficient (Wildman–Crippen LogP) is 1.74. The average Bonchev–Trinajstić information content (AvgIpc) is 2.87. The molecular formula is C18H23N5O. The van der Waals surface area contributed by atoms with E-state index in [-0.39, 0.29) is 0 Å². The molecule has 126 valence electrons. The summed E-state index contributed by atoms with van der Waals surface area (Å²) in [4.78, 5) is 17.9. The van der Waals surface area contributed by atoms with Crippen LogP contribution in [0, 0.1) is 0 Å². The Balaban J connectivity index is 1.46. The van der Waals surface area contributed by atoms with E-state index in [1.807, 2.05) is 36.9 Å². The summed E-state index contributed by atoms with van der Waals surface area (Å²) in [5.41, 5.74) is 1.27. The van der Waals surface area contributed by atoms with Crippen LogP contribution in [0.3, 0.4) is 0 Å². The number of fused-ring (bicyclic) bond motifs is 1. The van der Waals surface area contributed by atoms with Crippen LogP contribution in [0.15, 0.2) is 43.0 Å². The van der Waals surface area contributed by atoms with Gasteiger partial charge in [0.1, 0.15) is 0 Å². The van der Waals surface area contributed by atoms with Gasteiger partial charge in [-0.15, -0.1) is 0 Å². The summed E-state index contributed by atoms with van der Waals surface area (Å²) < 4.78 is 6.09. The zero-order valence-electron chi connectivity index (χ0n) is 13.8. The summed E-state index contributed by atoms with van der Waals surface area (Å²) in [6.07, 6.45) is 9.80. The number of rotatable bonds is 3. The van der Waals surface area contributed by atoms with Crippen molar-refractivity contribution in [2.45, 2.75) is 31.5 Å². The van der Waals surface area contributed by atoms with Crippen LogP contribution in [-0.2, 0) is 11.3 Å². The molecule has 0 bridgehead atoms. The van der Waals surface area contributed by atoms with Gasteiger partial charge in [0.2, 0.25) is 5.95 Å². The van der Waals surface area contributed by atoms with Gasteiger partial charge in [-0.25, -0.2) is 9.97 Å². The van der Waals surface area contributed by atoms with Crippen molar-refractivity contribution in [1.29, 1.82) is 0 Å². The summed E-state index contributed by atoms with van der Waals surface area (Å²) in [5.74, 6) is 0.829. The second-order valence-electron chi connectivity index (χ2n) is 6.42. The molecular weight excluding hydrogens is 302 g/mol. The number of hydrogen-bond acceptors (Lipinski definition) is 6.